The van der Waals surface area contributed by atoms with Gasteiger partial charge in [0.15, 0.2) is 17.2 Å². The molecule has 1 saturated heterocycles. The molecule has 1 aliphatic rings. The summed E-state index contributed by atoms with van der Waals surface area (Å²) >= 11 is 0. The quantitative estimate of drug-likeness (QED) is 0.760. The smallest absolute Gasteiger partial charge is 0.226 e. The molecule has 0 aromatic heterocycles. The molecule has 2 aromatic carbocycles. The Hall–Kier alpha value is -2.31. The summed E-state index contributed by atoms with van der Waals surface area (Å²) < 4.78 is 24.9. The number of methoxy groups -OCH3 is 1. The van der Waals surface area contributed by atoms with Gasteiger partial charge < -0.3 is 20.1 Å². The van der Waals surface area contributed by atoms with Crippen molar-refractivity contribution in [2.45, 2.75) is 32.2 Å². The topological polar surface area (TPSA) is 59.6 Å². The Kier molecular flexibility index (Phi) is 7.45. The summed E-state index contributed by atoms with van der Waals surface area (Å²) in [5, 5.41) is 6.04. The van der Waals surface area contributed by atoms with Crippen molar-refractivity contribution in [3.63, 3.8) is 0 Å². The number of halogens is 2. The summed E-state index contributed by atoms with van der Waals surface area (Å²) in [7, 11) is 1.56. The minimum atomic E-state index is -0.442. The number of ether oxygens (including phenoxy) is 2. The van der Waals surface area contributed by atoms with Crippen molar-refractivity contribution in [3.05, 3.63) is 47.8 Å². The highest BCUT2D eigenvalue weighted by Gasteiger charge is 2.19. The zero-order valence-corrected chi connectivity index (χ0v) is 16.2. The van der Waals surface area contributed by atoms with Crippen molar-refractivity contribution in [1.29, 1.82) is 0 Å². The van der Waals surface area contributed by atoms with Crippen molar-refractivity contribution in [3.8, 4) is 17.2 Å². The van der Waals surface area contributed by atoms with Crippen LogP contribution in [0.4, 0.5) is 10.1 Å². The molecular weight excluding hydrogens is 371 g/mol. The van der Waals surface area contributed by atoms with E-state index in [0.29, 0.717) is 29.4 Å². The van der Waals surface area contributed by atoms with E-state index in [1.807, 2.05) is 19.1 Å². The third-order valence-electron chi connectivity index (χ3n) is 4.35. The molecule has 1 fully saturated rings. The van der Waals surface area contributed by atoms with Crippen LogP contribution in [0.5, 0.6) is 17.2 Å². The monoisotopic (exact) mass is 394 g/mol. The van der Waals surface area contributed by atoms with Crippen molar-refractivity contribution >= 4 is 24.0 Å². The molecule has 5 nitrogen and oxygen atoms in total. The molecule has 3 rings (SSSR count). The minimum absolute atomic E-state index is 0. The van der Waals surface area contributed by atoms with E-state index in [1.165, 1.54) is 18.2 Å². The molecule has 7 heteroatoms. The first kappa shape index (κ1) is 21.0. The molecule has 1 heterocycles. The van der Waals surface area contributed by atoms with Gasteiger partial charge in [0, 0.05) is 18.5 Å². The molecular formula is C20H24ClFN2O3. The summed E-state index contributed by atoms with van der Waals surface area (Å²) in [6.07, 6.45) is 2.39. The van der Waals surface area contributed by atoms with Gasteiger partial charge in [-0.15, -0.1) is 12.4 Å². The van der Waals surface area contributed by atoms with Gasteiger partial charge in [-0.05, 0) is 56.1 Å². The van der Waals surface area contributed by atoms with Gasteiger partial charge in [0.2, 0.25) is 5.91 Å². The van der Waals surface area contributed by atoms with Gasteiger partial charge in [0.1, 0.15) is 5.82 Å². The number of hydrogen-bond donors (Lipinski definition) is 2. The molecule has 1 amide bonds. The van der Waals surface area contributed by atoms with Gasteiger partial charge >= 0.3 is 0 Å². The summed E-state index contributed by atoms with van der Waals surface area (Å²) in [4.78, 5) is 12.3. The van der Waals surface area contributed by atoms with Crippen LogP contribution in [-0.4, -0.2) is 25.6 Å². The van der Waals surface area contributed by atoms with E-state index >= 15 is 0 Å². The molecule has 27 heavy (non-hydrogen) atoms. The van der Waals surface area contributed by atoms with Crippen LogP contribution < -0.4 is 20.1 Å². The number of hydrogen-bond acceptors (Lipinski definition) is 4. The number of amides is 1. The molecule has 0 spiro atoms. The third kappa shape index (κ3) is 5.58. The maximum atomic E-state index is 13.7. The molecule has 146 valence electrons. The lowest BCUT2D eigenvalue weighted by atomic mass is 10.1. The zero-order valence-electron chi connectivity index (χ0n) is 15.4. The molecule has 1 atom stereocenters. The molecule has 1 aliphatic heterocycles. The number of rotatable bonds is 6. The van der Waals surface area contributed by atoms with E-state index < -0.39 is 5.82 Å². The Morgan fingerprint density at radius 3 is 2.70 bits per heavy atom. The van der Waals surface area contributed by atoms with Crippen molar-refractivity contribution in [1.82, 2.24) is 5.32 Å². The van der Waals surface area contributed by atoms with Crippen molar-refractivity contribution in [2.75, 3.05) is 19.0 Å². The van der Waals surface area contributed by atoms with Crippen LogP contribution in [0.2, 0.25) is 0 Å². The first-order valence-electron chi connectivity index (χ1n) is 8.70. The molecule has 0 radical (unpaired) electrons. The van der Waals surface area contributed by atoms with Crippen molar-refractivity contribution < 1.29 is 18.7 Å². The van der Waals surface area contributed by atoms with Crippen LogP contribution in [-0.2, 0) is 4.79 Å². The Balaban J connectivity index is 0.00000261. The maximum Gasteiger partial charge on any atom is 0.226 e. The molecule has 1 unspecified atom stereocenters. The number of aryl methyl sites for hydroxylation is 1. The lowest BCUT2D eigenvalue weighted by Crippen LogP contribution is -2.27. The van der Waals surface area contributed by atoms with Crippen LogP contribution >= 0.6 is 12.4 Å². The van der Waals surface area contributed by atoms with E-state index in [9.17, 15) is 9.18 Å². The highest BCUT2D eigenvalue weighted by molar-refractivity contribution is 5.92. The second-order valence-corrected chi connectivity index (χ2v) is 6.44. The predicted octanol–water partition coefficient (Wildman–Crippen LogP) is 4.44. The number of carbonyl (C=O) groups is 1. The van der Waals surface area contributed by atoms with Gasteiger partial charge in [-0.1, -0.05) is 6.07 Å². The van der Waals surface area contributed by atoms with Gasteiger partial charge in [-0.25, -0.2) is 4.39 Å². The van der Waals surface area contributed by atoms with Crippen LogP contribution in [0.1, 0.15) is 24.8 Å². The largest absolute Gasteiger partial charge is 0.493 e. The highest BCUT2D eigenvalue weighted by atomic mass is 35.5. The first-order valence-corrected chi connectivity index (χ1v) is 8.70. The number of carbonyl (C=O) groups excluding carboxylic acids is 1. The Morgan fingerprint density at radius 2 is 2.00 bits per heavy atom. The fraction of sp³-hybridized carbons (Fsp3) is 0.350. The first-order chi connectivity index (χ1) is 12.5. The van der Waals surface area contributed by atoms with Crippen LogP contribution in [0, 0.1) is 12.7 Å². The minimum Gasteiger partial charge on any atom is -0.493 e. The van der Waals surface area contributed by atoms with Gasteiger partial charge in [-0.3, -0.25) is 4.79 Å². The van der Waals surface area contributed by atoms with E-state index in [-0.39, 0.29) is 24.4 Å². The zero-order chi connectivity index (χ0) is 18.5. The SMILES string of the molecule is COc1cc(C)ccc1Oc1ccc(F)cc1NC(=O)CC1CCCN1.Cl. The van der Waals surface area contributed by atoms with Crippen LogP contribution in [0.3, 0.4) is 0 Å². The Bertz CT molecular complexity index is 795. The third-order valence-corrected chi connectivity index (χ3v) is 4.35. The Labute approximate surface area is 164 Å². The van der Waals surface area contributed by atoms with E-state index in [0.717, 1.165) is 24.9 Å². The van der Waals surface area contributed by atoms with Gasteiger partial charge in [0.05, 0.1) is 12.8 Å². The predicted molar refractivity (Wildman–Crippen MR) is 106 cm³/mol. The lowest BCUT2D eigenvalue weighted by molar-refractivity contribution is -0.116. The summed E-state index contributed by atoms with van der Waals surface area (Å²) in [5.41, 5.74) is 1.33. The molecule has 0 saturated carbocycles. The standard InChI is InChI=1S/C20H23FN2O3.ClH/c1-13-5-7-18(19(10-13)25-2)26-17-8-6-14(21)11-16(17)23-20(24)12-15-4-3-9-22-15;/h5-8,10-11,15,22H,3-4,9,12H2,1-2H3,(H,23,24);1H. The average molecular weight is 395 g/mol. The van der Waals surface area contributed by atoms with E-state index in [2.05, 4.69) is 10.6 Å². The summed E-state index contributed by atoms with van der Waals surface area (Å²) in [5.74, 6) is 0.818. The summed E-state index contributed by atoms with van der Waals surface area (Å²) in [6, 6.07) is 9.75. The number of anilines is 1. The summed E-state index contributed by atoms with van der Waals surface area (Å²) in [6.45, 7) is 2.88. The molecule has 2 N–H and O–H groups in total. The second kappa shape index (κ2) is 9.58. The van der Waals surface area contributed by atoms with Crippen LogP contribution in [0.25, 0.3) is 0 Å². The average Bonchev–Trinajstić information content (AvgIpc) is 3.11. The van der Waals surface area contributed by atoms with E-state index in [4.69, 9.17) is 9.47 Å². The fourth-order valence-electron chi connectivity index (χ4n) is 3.02. The maximum absolute atomic E-state index is 13.7. The molecule has 2 aromatic rings. The van der Waals surface area contributed by atoms with Gasteiger partial charge in [0.25, 0.3) is 0 Å². The van der Waals surface area contributed by atoms with Gasteiger partial charge in [-0.2, -0.15) is 0 Å². The van der Waals surface area contributed by atoms with Crippen molar-refractivity contribution in [2.24, 2.45) is 0 Å². The highest BCUT2D eigenvalue weighted by Crippen LogP contribution is 2.36. The number of nitrogens with one attached hydrogen (secondary N) is 2. The van der Waals surface area contributed by atoms with E-state index in [1.54, 1.807) is 13.2 Å². The molecule has 0 aliphatic carbocycles. The second-order valence-electron chi connectivity index (χ2n) is 6.44. The Morgan fingerprint density at radius 1 is 1.22 bits per heavy atom. The van der Waals surface area contributed by atoms with Crippen LogP contribution in [0.15, 0.2) is 36.4 Å². The molecule has 0 bridgehead atoms. The number of benzene rings is 2. The fourth-order valence-corrected chi connectivity index (χ4v) is 3.02. The lowest BCUT2D eigenvalue weighted by Gasteiger charge is -2.16. The normalized spacial score (nSPS) is 15.7.